The fourth-order valence-electron chi connectivity index (χ4n) is 3.45. The van der Waals surface area contributed by atoms with E-state index in [-0.39, 0.29) is 17.7 Å². The molecule has 36 heavy (non-hydrogen) atoms. The Hall–Kier alpha value is -4.44. The summed E-state index contributed by atoms with van der Waals surface area (Å²) in [5.41, 5.74) is 1.52. The monoisotopic (exact) mass is 550 g/mol. The first-order valence-electron chi connectivity index (χ1n) is 10.6. The molecule has 0 bridgehead atoms. The fourth-order valence-corrected chi connectivity index (χ4v) is 3.71. The molecule has 1 aliphatic rings. The zero-order chi connectivity index (χ0) is 25.8. The van der Waals surface area contributed by atoms with Crippen LogP contribution in [0.3, 0.4) is 0 Å². The summed E-state index contributed by atoms with van der Waals surface area (Å²) in [4.78, 5) is 49.7. The SMILES string of the molecule is COc1cc(/C=C2\C(=O)NC(=O)N(c3ccc(Br)cc3)C2=O)ccc1OCc1ccc(C(=O)O)cc1. The van der Waals surface area contributed by atoms with E-state index in [4.69, 9.17) is 14.6 Å². The Morgan fingerprint density at radius 2 is 1.69 bits per heavy atom. The van der Waals surface area contributed by atoms with Crippen molar-refractivity contribution in [1.82, 2.24) is 5.32 Å². The number of rotatable bonds is 7. The maximum atomic E-state index is 13.1. The molecule has 0 radical (unpaired) electrons. The van der Waals surface area contributed by atoms with E-state index in [0.717, 1.165) is 14.9 Å². The van der Waals surface area contributed by atoms with Crippen LogP contribution in [0.1, 0.15) is 21.5 Å². The molecule has 0 atom stereocenters. The number of carbonyl (C=O) groups is 4. The van der Waals surface area contributed by atoms with Crippen LogP contribution in [0, 0.1) is 0 Å². The molecule has 1 saturated heterocycles. The van der Waals surface area contributed by atoms with Crippen LogP contribution in [0.25, 0.3) is 6.08 Å². The van der Waals surface area contributed by atoms with Gasteiger partial charge in [-0.05, 0) is 65.7 Å². The van der Waals surface area contributed by atoms with E-state index in [0.29, 0.717) is 22.7 Å². The molecule has 4 amide bonds. The van der Waals surface area contributed by atoms with Gasteiger partial charge in [-0.25, -0.2) is 14.5 Å². The van der Waals surface area contributed by atoms with Crippen LogP contribution in [0.2, 0.25) is 0 Å². The van der Waals surface area contributed by atoms with Crippen LogP contribution in [0.15, 0.2) is 76.8 Å². The number of carbonyl (C=O) groups excluding carboxylic acids is 3. The highest BCUT2D eigenvalue weighted by molar-refractivity contribution is 9.10. The molecule has 182 valence electrons. The Bertz CT molecular complexity index is 1380. The summed E-state index contributed by atoms with van der Waals surface area (Å²) in [7, 11) is 1.45. The molecular weight excluding hydrogens is 532 g/mol. The van der Waals surface area contributed by atoms with E-state index in [2.05, 4.69) is 21.2 Å². The summed E-state index contributed by atoms with van der Waals surface area (Å²) in [5.74, 6) is -1.80. The fraction of sp³-hybridized carbons (Fsp3) is 0.0769. The second kappa shape index (κ2) is 10.4. The normalized spacial score (nSPS) is 14.6. The predicted molar refractivity (Wildman–Crippen MR) is 134 cm³/mol. The standard InChI is InChI=1S/C26H19BrN2O7/c1-35-22-13-16(4-11-21(22)36-14-15-2-5-17(6-3-15)25(32)33)12-20-23(30)28-26(34)29(24(20)31)19-9-7-18(27)8-10-19/h2-13H,14H2,1H3,(H,32,33)(H,28,30,34)/b20-12+. The minimum atomic E-state index is -1.01. The Morgan fingerprint density at radius 3 is 2.33 bits per heavy atom. The minimum absolute atomic E-state index is 0.169. The molecular formula is C26H19BrN2O7. The molecule has 1 heterocycles. The number of carboxylic acid groups (broad SMARTS) is 1. The number of nitrogens with one attached hydrogen (secondary N) is 1. The van der Waals surface area contributed by atoms with Gasteiger partial charge in [-0.1, -0.05) is 34.1 Å². The van der Waals surface area contributed by atoms with Crippen LogP contribution in [-0.2, 0) is 16.2 Å². The molecule has 1 aliphatic heterocycles. The van der Waals surface area contributed by atoms with Gasteiger partial charge in [-0.2, -0.15) is 0 Å². The molecule has 0 spiro atoms. The van der Waals surface area contributed by atoms with Crippen molar-refractivity contribution in [2.24, 2.45) is 0 Å². The van der Waals surface area contributed by atoms with E-state index in [9.17, 15) is 19.2 Å². The molecule has 0 unspecified atom stereocenters. The van der Waals surface area contributed by atoms with Crippen molar-refractivity contribution in [2.45, 2.75) is 6.61 Å². The molecule has 4 rings (SSSR count). The number of halogens is 1. The van der Waals surface area contributed by atoms with Crippen molar-refractivity contribution in [2.75, 3.05) is 12.0 Å². The van der Waals surface area contributed by atoms with Crippen molar-refractivity contribution in [3.8, 4) is 11.5 Å². The Balaban J connectivity index is 1.55. The largest absolute Gasteiger partial charge is 0.493 e. The van der Waals surface area contributed by atoms with Crippen molar-refractivity contribution < 1.29 is 33.8 Å². The van der Waals surface area contributed by atoms with Gasteiger partial charge in [0.05, 0.1) is 18.4 Å². The molecule has 0 aliphatic carbocycles. The van der Waals surface area contributed by atoms with Crippen LogP contribution in [0.4, 0.5) is 10.5 Å². The average molecular weight is 551 g/mol. The molecule has 3 aromatic rings. The van der Waals surface area contributed by atoms with E-state index in [1.165, 1.54) is 25.3 Å². The third-order valence-electron chi connectivity index (χ3n) is 5.28. The highest BCUT2D eigenvalue weighted by Crippen LogP contribution is 2.31. The summed E-state index contributed by atoms with van der Waals surface area (Å²) < 4.78 is 12.0. The lowest BCUT2D eigenvalue weighted by molar-refractivity contribution is -0.122. The molecule has 9 nitrogen and oxygen atoms in total. The third kappa shape index (κ3) is 5.28. The summed E-state index contributed by atoms with van der Waals surface area (Å²) in [6, 6.07) is 16.8. The van der Waals surface area contributed by atoms with Crippen molar-refractivity contribution in [3.05, 3.63) is 93.5 Å². The summed E-state index contributed by atoms with van der Waals surface area (Å²) in [6.07, 6.45) is 1.37. The molecule has 0 aromatic heterocycles. The number of carboxylic acids is 1. The first-order valence-corrected chi connectivity index (χ1v) is 11.4. The van der Waals surface area contributed by atoms with E-state index < -0.39 is 23.8 Å². The van der Waals surface area contributed by atoms with Gasteiger partial charge in [0.25, 0.3) is 11.8 Å². The first kappa shape index (κ1) is 24.7. The molecule has 0 saturated carbocycles. The lowest BCUT2D eigenvalue weighted by atomic mass is 10.1. The number of hydrogen-bond acceptors (Lipinski definition) is 6. The number of imide groups is 2. The van der Waals surface area contributed by atoms with Crippen molar-refractivity contribution >= 4 is 51.5 Å². The predicted octanol–water partition coefficient (Wildman–Crippen LogP) is 4.40. The number of barbiturate groups is 1. The van der Waals surface area contributed by atoms with Gasteiger partial charge in [0.2, 0.25) is 0 Å². The number of methoxy groups -OCH3 is 1. The van der Waals surface area contributed by atoms with Crippen LogP contribution in [0.5, 0.6) is 11.5 Å². The molecule has 3 aromatic carbocycles. The van der Waals surface area contributed by atoms with E-state index in [1.807, 2.05) is 0 Å². The number of anilines is 1. The van der Waals surface area contributed by atoms with Gasteiger partial charge < -0.3 is 14.6 Å². The number of amides is 4. The van der Waals surface area contributed by atoms with Gasteiger partial charge in [-0.3, -0.25) is 14.9 Å². The number of aromatic carboxylic acids is 1. The number of urea groups is 1. The van der Waals surface area contributed by atoms with Crippen molar-refractivity contribution in [3.63, 3.8) is 0 Å². The minimum Gasteiger partial charge on any atom is -0.493 e. The third-order valence-corrected chi connectivity index (χ3v) is 5.81. The summed E-state index contributed by atoms with van der Waals surface area (Å²) in [5, 5.41) is 11.2. The highest BCUT2D eigenvalue weighted by Gasteiger charge is 2.36. The maximum Gasteiger partial charge on any atom is 0.335 e. The Kier molecular flexibility index (Phi) is 7.16. The zero-order valence-electron chi connectivity index (χ0n) is 18.9. The van der Waals surface area contributed by atoms with Gasteiger partial charge >= 0.3 is 12.0 Å². The summed E-state index contributed by atoms with van der Waals surface area (Å²) in [6.45, 7) is 0.169. The number of nitrogens with zero attached hydrogens (tertiary/aromatic N) is 1. The lowest BCUT2D eigenvalue weighted by Gasteiger charge is -2.26. The van der Waals surface area contributed by atoms with Gasteiger partial charge in [0.15, 0.2) is 11.5 Å². The zero-order valence-corrected chi connectivity index (χ0v) is 20.4. The van der Waals surface area contributed by atoms with Crippen molar-refractivity contribution in [1.29, 1.82) is 0 Å². The summed E-state index contributed by atoms with van der Waals surface area (Å²) >= 11 is 3.30. The van der Waals surface area contributed by atoms with Gasteiger partial charge in [0, 0.05) is 4.47 Å². The van der Waals surface area contributed by atoms with E-state index >= 15 is 0 Å². The highest BCUT2D eigenvalue weighted by atomic mass is 79.9. The van der Waals surface area contributed by atoms with Crippen LogP contribution >= 0.6 is 15.9 Å². The number of hydrogen-bond donors (Lipinski definition) is 2. The molecule has 2 N–H and O–H groups in total. The van der Waals surface area contributed by atoms with Gasteiger partial charge in [-0.15, -0.1) is 0 Å². The Morgan fingerprint density at radius 1 is 1.00 bits per heavy atom. The number of benzene rings is 3. The Labute approximate surface area is 214 Å². The molecule has 10 heteroatoms. The smallest absolute Gasteiger partial charge is 0.335 e. The second-order valence-electron chi connectivity index (χ2n) is 7.64. The molecule has 1 fully saturated rings. The maximum absolute atomic E-state index is 13.1. The van der Waals surface area contributed by atoms with E-state index in [1.54, 1.807) is 54.6 Å². The number of ether oxygens (including phenoxy) is 2. The topological polar surface area (TPSA) is 122 Å². The van der Waals surface area contributed by atoms with Crippen LogP contribution < -0.4 is 19.7 Å². The lowest BCUT2D eigenvalue weighted by Crippen LogP contribution is -2.54. The second-order valence-corrected chi connectivity index (χ2v) is 8.55. The quantitative estimate of drug-likeness (QED) is 0.330. The van der Waals surface area contributed by atoms with Crippen LogP contribution in [-0.4, -0.2) is 36.0 Å². The first-order chi connectivity index (χ1) is 17.3. The van der Waals surface area contributed by atoms with Gasteiger partial charge in [0.1, 0.15) is 12.2 Å². The average Bonchev–Trinajstić information content (AvgIpc) is 2.86.